The summed E-state index contributed by atoms with van der Waals surface area (Å²) in [6.07, 6.45) is 2.57. The minimum atomic E-state index is 0.122. The summed E-state index contributed by atoms with van der Waals surface area (Å²) in [5.74, 6) is 0. The van der Waals surface area contributed by atoms with Gasteiger partial charge in [-0.2, -0.15) is 5.10 Å². The lowest BCUT2D eigenvalue weighted by Crippen LogP contribution is -2.36. The molecule has 1 aromatic rings. The van der Waals surface area contributed by atoms with E-state index in [9.17, 15) is 0 Å². The number of hydrogen-bond acceptors (Lipinski definition) is 3. The van der Waals surface area contributed by atoms with Gasteiger partial charge in [-0.3, -0.25) is 9.58 Å². The fourth-order valence-corrected chi connectivity index (χ4v) is 3.65. The van der Waals surface area contributed by atoms with Gasteiger partial charge >= 0.3 is 0 Å². The van der Waals surface area contributed by atoms with Crippen LogP contribution in [0.5, 0.6) is 0 Å². The second-order valence-electron chi connectivity index (χ2n) is 9.23. The Morgan fingerprint density at radius 3 is 2.09 bits per heavy atom. The van der Waals surface area contributed by atoms with Gasteiger partial charge in [-0.05, 0) is 18.3 Å². The van der Waals surface area contributed by atoms with Crippen molar-refractivity contribution < 1.29 is 4.74 Å². The zero-order chi connectivity index (χ0) is 16.8. The highest BCUT2D eigenvalue weighted by molar-refractivity contribution is 5.38. The quantitative estimate of drug-likeness (QED) is 0.852. The minimum absolute atomic E-state index is 0.122. The molecule has 2 fully saturated rings. The Balaban J connectivity index is 2.03. The van der Waals surface area contributed by atoms with Crippen LogP contribution in [0.1, 0.15) is 77.4 Å². The molecule has 0 amide bonds. The Hall–Kier alpha value is -0.870. The van der Waals surface area contributed by atoms with Gasteiger partial charge in [-0.25, -0.2) is 0 Å². The second-order valence-corrected chi connectivity index (χ2v) is 9.23. The Labute approximate surface area is 141 Å². The summed E-state index contributed by atoms with van der Waals surface area (Å²) in [6.45, 7) is 18.7. The van der Waals surface area contributed by atoms with E-state index in [0.29, 0.717) is 6.04 Å². The van der Waals surface area contributed by atoms with Gasteiger partial charge in [0.05, 0.1) is 24.9 Å². The van der Waals surface area contributed by atoms with Crippen molar-refractivity contribution in [1.82, 2.24) is 14.7 Å². The second kappa shape index (κ2) is 5.89. The van der Waals surface area contributed by atoms with Crippen LogP contribution in [0.4, 0.5) is 0 Å². The number of rotatable bonds is 3. The van der Waals surface area contributed by atoms with Crippen LogP contribution < -0.4 is 0 Å². The lowest BCUT2D eigenvalue weighted by Gasteiger charge is -2.30. The third-order valence-electron chi connectivity index (χ3n) is 4.81. The third-order valence-corrected chi connectivity index (χ3v) is 4.81. The molecule has 0 radical (unpaired) electrons. The van der Waals surface area contributed by atoms with E-state index in [1.165, 1.54) is 29.8 Å². The minimum Gasteiger partial charge on any atom is -0.379 e. The van der Waals surface area contributed by atoms with Crippen LogP contribution in [-0.2, 0) is 22.1 Å². The fraction of sp³-hybridized carbons (Fsp3) is 0.842. The lowest BCUT2D eigenvalue weighted by molar-refractivity contribution is 0.0333. The maximum Gasteiger partial charge on any atom is 0.0805 e. The molecule has 1 aromatic heterocycles. The zero-order valence-corrected chi connectivity index (χ0v) is 15.8. The highest BCUT2D eigenvalue weighted by Gasteiger charge is 2.38. The molecule has 1 aliphatic heterocycles. The Bertz CT molecular complexity index is 552. The van der Waals surface area contributed by atoms with E-state index in [1.807, 2.05) is 0 Å². The van der Waals surface area contributed by atoms with Gasteiger partial charge in [-0.1, -0.05) is 41.5 Å². The molecular weight excluding hydrogens is 286 g/mol. The predicted molar refractivity (Wildman–Crippen MR) is 94.0 cm³/mol. The molecule has 0 N–H and O–H groups in total. The average molecular weight is 319 g/mol. The van der Waals surface area contributed by atoms with Crippen molar-refractivity contribution in [1.29, 1.82) is 0 Å². The Kier molecular flexibility index (Phi) is 4.35. The summed E-state index contributed by atoms with van der Waals surface area (Å²) in [7, 11) is 0. The molecular formula is C19H33N3O. The summed E-state index contributed by atoms with van der Waals surface area (Å²) >= 11 is 0. The summed E-state index contributed by atoms with van der Waals surface area (Å²) < 4.78 is 7.87. The number of hydrogen-bond donors (Lipinski definition) is 0. The average Bonchev–Trinajstić information content (AvgIpc) is 3.19. The lowest BCUT2D eigenvalue weighted by atomic mass is 9.78. The summed E-state index contributed by atoms with van der Waals surface area (Å²) in [5, 5.41) is 5.13. The van der Waals surface area contributed by atoms with Crippen molar-refractivity contribution in [2.75, 3.05) is 26.3 Å². The summed E-state index contributed by atoms with van der Waals surface area (Å²) in [6, 6.07) is 0.628. The molecule has 0 spiro atoms. The maximum absolute atomic E-state index is 5.50. The van der Waals surface area contributed by atoms with Gasteiger partial charge in [-0.15, -0.1) is 0 Å². The standard InChI is InChI=1S/C19H33N3O/c1-18(2,3)16-15(13-21-9-11-23-12-10-21)20-22(14-7-8-14)17(16)19(4,5)6/h14H,7-13H2,1-6H3. The molecule has 130 valence electrons. The van der Waals surface area contributed by atoms with E-state index in [4.69, 9.17) is 9.84 Å². The molecule has 0 atom stereocenters. The van der Waals surface area contributed by atoms with Crippen LogP contribution >= 0.6 is 0 Å². The molecule has 23 heavy (non-hydrogen) atoms. The van der Waals surface area contributed by atoms with Gasteiger partial charge in [0.25, 0.3) is 0 Å². The molecule has 1 saturated carbocycles. The molecule has 4 nitrogen and oxygen atoms in total. The molecule has 0 aromatic carbocycles. The van der Waals surface area contributed by atoms with Crippen LogP contribution in [0.15, 0.2) is 0 Å². The van der Waals surface area contributed by atoms with Gasteiger partial charge < -0.3 is 4.74 Å². The number of morpholine rings is 1. The molecule has 1 aliphatic carbocycles. The molecule has 0 unspecified atom stereocenters. The van der Waals surface area contributed by atoms with Gasteiger partial charge in [0.15, 0.2) is 0 Å². The SMILES string of the molecule is CC(C)(C)c1c(CN2CCOCC2)nn(C2CC2)c1C(C)(C)C. The zero-order valence-electron chi connectivity index (χ0n) is 15.8. The molecule has 2 heterocycles. The van der Waals surface area contributed by atoms with E-state index >= 15 is 0 Å². The molecule has 0 bridgehead atoms. The van der Waals surface area contributed by atoms with Crippen LogP contribution in [0.2, 0.25) is 0 Å². The molecule has 3 rings (SSSR count). The molecule has 1 saturated heterocycles. The first-order chi connectivity index (χ1) is 10.7. The van der Waals surface area contributed by atoms with Crippen molar-refractivity contribution in [3.8, 4) is 0 Å². The normalized spacial score (nSPS) is 21.0. The van der Waals surface area contributed by atoms with Crippen molar-refractivity contribution in [2.45, 2.75) is 77.8 Å². The topological polar surface area (TPSA) is 30.3 Å². The largest absolute Gasteiger partial charge is 0.379 e. The maximum atomic E-state index is 5.50. The monoisotopic (exact) mass is 319 g/mol. The van der Waals surface area contributed by atoms with Crippen molar-refractivity contribution >= 4 is 0 Å². The Morgan fingerprint density at radius 1 is 1.00 bits per heavy atom. The van der Waals surface area contributed by atoms with Gasteiger partial charge in [0.1, 0.15) is 0 Å². The smallest absolute Gasteiger partial charge is 0.0805 e. The highest BCUT2D eigenvalue weighted by Crippen LogP contribution is 2.43. The fourth-order valence-electron chi connectivity index (χ4n) is 3.65. The Morgan fingerprint density at radius 2 is 1.61 bits per heavy atom. The van der Waals surface area contributed by atoms with E-state index in [-0.39, 0.29) is 10.8 Å². The van der Waals surface area contributed by atoms with Crippen molar-refractivity contribution in [2.24, 2.45) is 0 Å². The number of ether oxygens (including phenoxy) is 1. The molecule has 2 aliphatic rings. The highest BCUT2D eigenvalue weighted by atomic mass is 16.5. The van der Waals surface area contributed by atoms with Crippen LogP contribution in [0.3, 0.4) is 0 Å². The first kappa shape index (κ1) is 17.0. The van der Waals surface area contributed by atoms with Crippen molar-refractivity contribution in [3.63, 3.8) is 0 Å². The summed E-state index contributed by atoms with van der Waals surface area (Å²) in [5.41, 5.74) is 4.47. The summed E-state index contributed by atoms with van der Waals surface area (Å²) in [4.78, 5) is 2.49. The number of aromatic nitrogens is 2. The van der Waals surface area contributed by atoms with Crippen LogP contribution in [0.25, 0.3) is 0 Å². The van der Waals surface area contributed by atoms with Crippen molar-refractivity contribution in [3.05, 3.63) is 17.0 Å². The van der Waals surface area contributed by atoms with E-state index in [1.54, 1.807) is 0 Å². The van der Waals surface area contributed by atoms with Crippen LogP contribution in [0, 0.1) is 0 Å². The predicted octanol–water partition coefficient (Wildman–Crippen LogP) is 3.65. The van der Waals surface area contributed by atoms with E-state index in [2.05, 4.69) is 51.1 Å². The van der Waals surface area contributed by atoms with E-state index in [0.717, 1.165) is 32.8 Å². The van der Waals surface area contributed by atoms with Gasteiger partial charge in [0, 0.05) is 36.3 Å². The van der Waals surface area contributed by atoms with Gasteiger partial charge in [0.2, 0.25) is 0 Å². The molecule has 4 heteroatoms. The number of nitrogens with zero attached hydrogens (tertiary/aromatic N) is 3. The van der Waals surface area contributed by atoms with E-state index < -0.39 is 0 Å². The first-order valence-corrected chi connectivity index (χ1v) is 9.10. The third kappa shape index (κ3) is 3.63. The van der Waals surface area contributed by atoms with Crippen LogP contribution in [-0.4, -0.2) is 41.0 Å². The first-order valence-electron chi connectivity index (χ1n) is 9.10.